The Morgan fingerprint density at radius 2 is 1.88 bits per heavy atom. The Kier molecular flexibility index (Phi) is 6.37. The van der Waals surface area contributed by atoms with Crippen molar-refractivity contribution in [3.63, 3.8) is 0 Å². The summed E-state index contributed by atoms with van der Waals surface area (Å²) in [4.78, 5) is 2.63. The Hall–Kier alpha value is -0.0800. The van der Waals surface area contributed by atoms with Gasteiger partial charge in [-0.15, -0.1) is 0 Å². The Labute approximate surface area is 102 Å². The Balaban J connectivity index is 2.08. The number of hydrogen-bond acceptors (Lipinski definition) is 2. The third-order valence-electron chi connectivity index (χ3n) is 4.15. The zero-order chi connectivity index (χ0) is 12.0. The maximum atomic E-state index is 5.93. The molecule has 0 bridgehead atoms. The van der Waals surface area contributed by atoms with E-state index in [1.54, 1.807) is 0 Å². The molecule has 1 heterocycles. The van der Waals surface area contributed by atoms with Gasteiger partial charge in [0.15, 0.2) is 0 Å². The smallest absolute Gasteiger partial charge is 0.00366 e. The second-order valence-corrected chi connectivity index (χ2v) is 5.73. The molecular formula is C14H30N2. The van der Waals surface area contributed by atoms with Crippen LogP contribution in [-0.2, 0) is 0 Å². The van der Waals surface area contributed by atoms with Crippen molar-refractivity contribution in [3.05, 3.63) is 0 Å². The van der Waals surface area contributed by atoms with Gasteiger partial charge in [-0.2, -0.15) is 0 Å². The van der Waals surface area contributed by atoms with Gasteiger partial charge in [0, 0.05) is 6.04 Å². The van der Waals surface area contributed by atoms with Crippen molar-refractivity contribution in [2.75, 3.05) is 19.6 Å². The molecular weight excluding hydrogens is 196 g/mol. The third kappa shape index (κ3) is 4.84. The maximum absolute atomic E-state index is 5.93. The highest BCUT2D eigenvalue weighted by atomic mass is 15.1. The minimum atomic E-state index is 0.424. The Morgan fingerprint density at radius 3 is 2.38 bits per heavy atom. The van der Waals surface area contributed by atoms with E-state index in [-0.39, 0.29) is 0 Å². The van der Waals surface area contributed by atoms with Crippen LogP contribution in [0, 0.1) is 11.8 Å². The van der Waals surface area contributed by atoms with E-state index in [2.05, 4.69) is 25.7 Å². The van der Waals surface area contributed by atoms with Crippen LogP contribution in [0.2, 0.25) is 0 Å². The molecule has 0 spiro atoms. The average Bonchev–Trinajstić information content (AvgIpc) is 2.29. The molecule has 2 nitrogen and oxygen atoms in total. The van der Waals surface area contributed by atoms with E-state index >= 15 is 0 Å². The van der Waals surface area contributed by atoms with E-state index in [4.69, 9.17) is 5.73 Å². The lowest BCUT2D eigenvalue weighted by Gasteiger charge is -2.34. The zero-order valence-electron chi connectivity index (χ0n) is 11.4. The van der Waals surface area contributed by atoms with E-state index in [0.717, 1.165) is 18.3 Å². The van der Waals surface area contributed by atoms with Gasteiger partial charge in [0.25, 0.3) is 0 Å². The summed E-state index contributed by atoms with van der Waals surface area (Å²) in [5, 5.41) is 0. The average molecular weight is 226 g/mol. The summed E-state index contributed by atoms with van der Waals surface area (Å²) in [6, 6.07) is 0.424. The van der Waals surface area contributed by atoms with E-state index in [1.807, 2.05) is 0 Å². The normalized spacial score (nSPS) is 21.6. The molecule has 1 unspecified atom stereocenters. The van der Waals surface area contributed by atoms with Crippen molar-refractivity contribution in [2.45, 2.75) is 58.9 Å². The van der Waals surface area contributed by atoms with Gasteiger partial charge in [0.05, 0.1) is 0 Å². The standard InChI is InChI=1S/C14H30N2/c1-4-14(15)6-5-9-16-10-7-13(8-11-16)12(2)3/h12-14H,4-11,15H2,1-3H3. The molecule has 0 aromatic heterocycles. The largest absolute Gasteiger partial charge is 0.328 e. The van der Waals surface area contributed by atoms with Gasteiger partial charge in [-0.25, -0.2) is 0 Å². The molecule has 1 fully saturated rings. The highest BCUT2D eigenvalue weighted by molar-refractivity contribution is 4.74. The molecule has 1 atom stereocenters. The van der Waals surface area contributed by atoms with Crippen molar-refractivity contribution < 1.29 is 0 Å². The molecule has 1 aliphatic heterocycles. The summed E-state index contributed by atoms with van der Waals surface area (Å²) in [7, 11) is 0. The van der Waals surface area contributed by atoms with Crippen LogP contribution in [0.4, 0.5) is 0 Å². The molecule has 0 aromatic carbocycles. The van der Waals surface area contributed by atoms with Gasteiger partial charge in [-0.1, -0.05) is 20.8 Å². The van der Waals surface area contributed by atoms with Crippen LogP contribution >= 0.6 is 0 Å². The molecule has 2 N–H and O–H groups in total. The molecule has 0 radical (unpaired) electrons. The van der Waals surface area contributed by atoms with Gasteiger partial charge in [0.1, 0.15) is 0 Å². The number of rotatable bonds is 6. The van der Waals surface area contributed by atoms with Crippen molar-refractivity contribution in [3.8, 4) is 0 Å². The maximum Gasteiger partial charge on any atom is 0.00366 e. The Morgan fingerprint density at radius 1 is 1.25 bits per heavy atom. The molecule has 0 aliphatic carbocycles. The lowest BCUT2D eigenvalue weighted by Crippen LogP contribution is -2.36. The van der Waals surface area contributed by atoms with Crippen LogP contribution < -0.4 is 5.73 Å². The quantitative estimate of drug-likeness (QED) is 0.754. The molecule has 2 heteroatoms. The van der Waals surface area contributed by atoms with E-state index < -0.39 is 0 Å². The van der Waals surface area contributed by atoms with E-state index in [9.17, 15) is 0 Å². The lowest BCUT2D eigenvalue weighted by molar-refractivity contribution is 0.155. The summed E-state index contributed by atoms with van der Waals surface area (Å²) < 4.78 is 0. The first-order valence-electron chi connectivity index (χ1n) is 7.11. The summed E-state index contributed by atoms with van der Waals surface area (Å²) in [5.41, 5.74) is 5.93. The van der Waals surface area contributed by atoms with Crippen molar-refractivity contribution in [2.24, 2.45) is 17.6 Å². The second-order valence-electron chi connectivity index (χ2n) is 5.73. The van der Waals surface area contributed by atoms with Gasteiger partial charge >= 0.3 is 0 Å². The third-order valence-corrected chi connectivity index (χ3v) is 4.15. The van der Waals surface area contributed by atoms with Crippen molar-refractivity contribution >= 4 is 0 Å². The zero-order valence-corrected chi connectivity index (χ0v) is 11.4. The number of hydrogen-bond donors (Lipinski definition) is 1. The molecule has 1 aliphatic rings. The van der Waals surface area contributed by atoms with Crippen LogP contribution in [0.3, 0.4) is 0 Å². The van der Waals surface area contributed by atoms with Gasteiger partial charge in [0.2, 0.25) is 0 Å². The predicted octanol–water partition coefficient (Wildman–Crippen LogP) is 2.87. The monoisotopic (exact) mass is 226 g/mol. The summed E-state index contributed by atoms with van der Waals surface area (Å²) in [6.45, 7) is 10.8. The van der Waals surface area contributed by atoms with E-state index in [0.29, 0.717) is 6.04 Å². The van der Waals surface area contributed by atoms with Gasteiger partial charge < -0.3 is 10.6 Å². The summed E-state index contributed by atoms with van der Waals surface area (Å²) in [6.07, 6.45) is 6.40. The highest BCUT2D eigenvalue weighted by Crippen LogP contribution is 2.24. The fraction of sp³-hybridized carbons (Fsp3) is 1.00. The number of nitrogens with zero attached hydrogens (tertiary/aromatic N) is 1. The Bertz CT molecular complexity index is 172. The van der Waals surface area contributed by atoms with E-state index in [1.165, 1.54) is 45.3 Å². The topological polar surface area (TPSA) is 29.3 Å². The SMILES string of the molecule is CCC(N)CCCN1CCC(C(C)C)CC1. The van der Waals surface area contributed by atoms with Crippen LogP contribution in [-0.4, -0.2) is 30.6 Å². The van der Waals surface area contributed by atoms with Crippen LogP contribution in [0.5, 0.6) is 0 Å². The molecule has 16 heavy (non-hydrogen) atoms. The molecule has 1 rings (SSSR count). The second kappa shape index (κ2) is 7.29. The molecule has 96 valence electrons. The van der Waals surface area contributed by atoms with Gasteiger partial charge in [-0.05, 0) is 63.6 Å². The number of likely N-dealkylation sites (tertiary alicyclic amines) is 1. The van der Waals surface area contributed by atoms with Crippen LogP contribution in [0.15, 0.2) is 0 Å². The number of nitrogens with two attached hydrogens (primary N) is 1. The van der Waals surface area contributed by atoms with Crippen LogP contribution in [0.25, 0.3) is 0 Å². The fourth-order valence-corrected chi connectivity index (χ4v) is 2.62. The first-order chi connectivity index (χ1) is 7.63. The molecule has 0 amide bonds. The summed E-state index contributed by atoms with van der Waals surface area (Å²) in [5.74, 6) is 1.84. The molecule has 0 aromatic rings. The van der Waals surface area contributed by atoms with Crippen molar-refractivity contribution in [1.82, 2.24) is 4.90 Å². The molecule has 0 saturated carbocycles. The first-order valence-corrected chi connectivity index (χ1v) is 7.11. The van der Waals surface area contributed by atoms with Gasteiger partial charge in [-0.3, -0.25) is 0 Å². The first kappa shape index (κ1) is 14.0. The number of piperidine rings is 1. The minimum Gasteiger partial charge on any atom is -0.328 e. The van der Waals surface area contributed by atoms with Crippen molar-refractivity contribution in [1.29, 1.82) is 0 Å². The van der Waals surface area contributed by atoms with Crippen LogP contribution in [0.1, 0.15) is 52.9 Å². The highest BCUT2D eigenvalue weighted by Gasteiger charge is 2.20. The predicted molar refractivity (Wildman–Crippen MR) is 71.5 cm³/mol. The fourth-order valence-electron chi connectivity index (χ4n) is 2.62. The minimum absolute atomic E-state index is 0.424. The lowest BCUT2D eigenvalue weighted by atomic mass is 9.86. The molecule has 1 saturated heterocycles. The summed E-state index contributed by atoms with van der Waals surface area (Å²) >= 11 is 0.